The van der Waals surface area contributed by atoms with Crippen molar-refractivity contribution in [1.29, 1.82) is 0 Å². The Hall–Kier alpha value is -2.03. The molecule has 1 amide bonds. The van der Waals surface area contributed by atoms with Crippen LogP contribution in [0.15, 0.2) is 11.4 Å². The molecule has 8 nitrogen and oxygen atoms in total. The Bertz CT molecular complexity index is 862. The van der Waals surface area contributed by atoms with E-state index in [9.17, 15) is 9.90 Å². The lowest BCUT2D eigenvalue weighted by Gasteiger charge is -2.49. The van der Waals surface area contributed by atoms with Gasteiger partial charge in [0.2, 0.25) is 5.95 Å². The molecule has 3 N–H and O–H groups in total. The minimum atomic E-state index is -0.968. The van der Waals surface area contributed by atoms with Crippen LogP contribution in [0.25, 0.3) is 5.65 Å². The SMILES string of the molecule is CCc1cnn2c(NC3CCCC(NC(=O)O)(C(C)(C)C)C3)nc(SC)nc12. The number of aromatic nitrogens is 4. The Labute approximate surface area is 169 Å². The highest BCUT2D eigenvalue weighted by Crippen LogP contribution is 2.42. The molecule has 0 spiro atoms. The van der Waals surface area contributed by atoms with E-state index in [0.29, 0.717) is 17.5 Å². The second-order valence-electron chi connectivity index (χ2n) is 8.49. The minimum Gasteiger partial charge on any atom is -0.465 e. The van der Waals surface area contributed by atoms with Gasteiger partial charge in [0.15, 0.2) is 10.8 Å². The number of hydrogen-bond donors (Lipinski definition) is 3. The van der Waals surface area contributed by atoms with Crippen LogP contribution in [-0.4, -0.2) is 48.6 Å². The van der Waals surface area contributed by atoms with Gasteiger partial charge in [-0.15, -0.1) is 0 Å². The van der Waals surface area contributed by atoms with Gasteiger partial charge in [0, 0.05) is 11.6 Å². The van der Waals surface area contributed by atoms with Crippen molar-refractivity contribution < 1.29 is 9.90 Å². The summed E-state index contributed by atoms with van der Waals surface area (Å²) in [7, 11) is 0. The summed E-state index contributed by atoms with van der Waals surface area (Å²) in [5, 5.41) is 21.0. The van der Waals surface area contributed by atoms with Gasteiger partial charge in [0.05, 0.1) is 11.7 Å². The van der Waals surface area contributed by atoms with Crippen molar-refractivity contribution in [2.75, 3.05) is 11.6 Å². The van der Waals surface area contributed by atoms with E-state index in [1.165, 1.54) is 11.8 Å². The molecular formula is C19H30N6O2S. The summed E-state index contributed by atoms with van der Waals surface area (Å²) < 4.78 is 1.76. The molecule has 2 aromatic rings. The van der Waals surface area contributed by atoms with E-state index >= 15 is 0 Å². The largest absolute Gasteiger partial charge is 0.465 e. The Morgan fingerprint density at radius 2 is 2.18 bits per heavy atom. The molecule has 1 aliphatic carbocycles. The Kier molecular flexibility index (Phi) is 5.74. The standard InChI is InChI=1S/C19H30N6O2S/c1-6-12-11-20-25-14(12)22-16(28-5)23-15(25)21-13-8-7-9-19(10-13,18(2,3)4)24-17(26)27/h11,13,24H,6-10H2,1-5H3,(H,26,27)(H,21,22,23). The van der Waals surface area contributed by atoms with Gasteiger partial charge in [-0.3, -0.25) is 0 Å². The van der Waals surface area contributed by atoms with Crippen LogP contribution in [0, 0.1) is 5.41 Å². The lowest BCUT2D eigenvalue weighted by Crippen LogP contribution is -2.60. The summed E-state index contributed by atoms with van der Waals surface area (Å²) in [6, 6.07) is 0.0990. The molecule has 9 heteroatoms. The van der Waals surface area contributed by atoms with E-state index < -0.39 is 11.6 Å². The van der Waals surface area contributed by atoms with Gasteiger partial charge in [-0.05, 0) is 43.8 Å². The number of rotatable bonds is 5. The molecule has 0 bridgehead atoms. The molecule has 0 saturated heterocycles. The number of carbonyl (C=O) groups is 1. The Morgan fingerprint density at radius 1 is 1.43 bits per heavy atom. The van der Waals surface area contributed by atoms with Crippen LogP contribution < -0.4 is 10.6 Å². The van der Waals surface area contributed by atoms with Crippen LogP contribution in [-0.2, 0) is 6.42 Å². The van der Waals surface area contributed by atoms with Crippen LogP contribution in [0.3, 0.4) is 0 Å². The van der Waals surface area contributed by atoms with E-state index in [0.717, 1.165) is 36.9 Å². The highest BCUT2D eigenvalue weighted by atomic mass is 32.2. The zero-order chi connectivity index (χ0) is 20.5. The number of fused-ring (bicyclic) bond motifs is 1. The summed E-state index contributed by atoms with van der Waals surface area (Å²) in [6.45, 7) is 8.38. The molecule has 0 aliphatic heterocycles. The van der Waals surface area contributed by atoms with Gasteiger partial charge >= 0.3 is 6.09 Å². The second-order valence-corrected chi connectivity index (χ2v) is 9.27. The third-order valence-corrected chi connectivity index (χ3v) is 6.40. The first-order valence-electron chi connectivity index (χ1n) is 9.75. The van der Waals surface area contributed by atoms with Gasteiger partial charge in [-0.1, -0.05) is 39.5 Å². The molecule has 1 saturated carbocycles. The van der Waals surface area contributed by atoms with Crippen molar-refractivity contribution in [1.82, 2.24) is 24.9 Å². The van der Waals surface area contributed by atoms with Crippen molar-refractivity contribution in [3.05, 3.63) is 11.8 Å². The zero-order valence-electron chi connectivity index (χ0n) is 17.2. The quantitative estimate of drug-likeness (QED) is 0.648. The smallest absolute Gasteiger partial charge is 0.405 e. The summed E-state index contributed by atoms with van der Waals surface area (Å²) >= 11 is 1.50. The summed E-state index contributed by atoms with van der Waals surface area (Å²) in [4.78, 5) is 20.8. The number of anilines is 1. The normalized spacial score (nSPS) is 23.0. The van der Waals surface area contributed by atoms with Gasteiger partial charge in [-0.25, -0.2) is 9.78 Å². The molecule has 2 heterocycles. The molecule has 154 valence electrons. The molecule has 1 aliphatic rings. The summed E-state index contributed by atoms with van der Waals surface area (Å²) in [5.41, 5.74) is 1.23. The molecule has 2 aromatic heterocycles. The van der Waals surface area contributed by atoms with Crippen LogP contribution in [0.1, 0.15) is 58.9 Å². The van der Waals surface area contributed by atoms with Crippen molar-refractivity contribution in [3.8, 4) is 0 Å². The number of carboxylic acid groups (broad SMARTS) is 1. The molecule has 2 unspecified atom stereocenters. The van der Waals surface area contributed by atoms with Crippen molar-refractivity contribution in [2.24, 2.45) is 5.41 Å². The first-order chi connectivity index (χ1) is 13.2. The molecule has 3 rings (SSSR count). The maximum absolute atomic E-state index is 11.5. The highest BCUT2D eigenvalue weighted by Gasteiger charge is 2.46. The predicted molar refractivity (Wildman–Crippen MR) is 111 cm³/mol. The zero-order valence-corrected chi connectivity index (χ0v) is 18.1. The summed E-state index contributed by atoms with van der Waals surface area (Å²) in [5.74, 6) is 0.666. The molecule has 0 radical (unpaired) electrons. The molecular weight excluding hydrogens is 376 g/mol. The molecule has 1 fully saturated rings. The minimum absolute atomic E-state index is 0.0990. The third-order valence-electron chi connectivity index (χ3n) is 5.85. The Morgan fingerprint density at radius 3 is 2.79 bits per heavy atom. The van der Waals surface area contributed by atoms with Crippen molar-refractivity contribution in [3.63, 3.8) is 0 Å². The maximum Gasteiger partial charge on any atom is 0.405 e. The molecule has 28 heavy (non-hydrogen) atoms. The number of thioether (sulfide) groups is 1. The average Bonchev–Trinajstić information content (AvgIpc) is 3.03. The fraction of sp³-hybridized carbons (Fsp3) is 0.684. The van der Waals surface area contributed by atoms with Gasteiger partial charge in [-0.2, -0.15) is 14.6 Å². The number of amides is 1. The first-order valence-corrected chi connectivity index (χ1v) is 11.0. The van der Waals surface area contributed by atoms with E-state index in [1.807, 2.05) is 12.5 Å². The third kappa shape index (κ3) is 3.90. The predicted octanol–water partition coefficient (Wildman–Crippen LogP) is 3.82. The fourth-order valence-corrected chi connectivity index (χ4v) is 4.46. The number of nitrogens with one attached hydrogen (secondary N) is 2. The fourth-order valence-electron chi connectivity index (χ4n) is 4.11. The lowest BCUT2D eigenvalue weighted by atomic mass is 9.64. The number of nitrogens with zero attached hydrogens (tertiary/aromatic N) is 4. The first kappa shape index (κ1) is 20.7. The monoisotopic (exact) mass is 406 g/mol. The van der Waals surface area contributed by atoms with Crippen molar-refractivity contribution >= 4 is 29.5 Å². The van der Waals surface area contributed by atoms with E-state index in [-0.39, 0.29) is 11.5 Å². The van der Waals surface area contributed by atoms with E-state index in [4.69, 9.17) is 0 Å². The van der Waals surface area contributed by atoms with E-state index in [2.05, 4.69) is 53.4 Å². The maximum atomic E-state index is 11.5. The van der Waals surface area contributed by atoms with Crippen LogP contribution >= 0.6 is 11.8 Å². The van der Waals surface area contributed by atoms with Gasteiger partial charge < -0.3 is 15.7 Å². The Balaban J connectivity index is 1.93. The van der Waals surface area contributed by atoms with Crippen LogP contribution in [0.2, 0.25) is 0 Å². The number of aryl methyl sites for hydroxylation is 1. The molecule has 0 aromatic carbocycles. The summed E-state index contributed by atoms with van der Waals surface area (Å²) in [6.07, 6.45) is 7.12. The highest BCUT2D eigenvalue weighted by molar-refractivity contribution is 7.98. The van der Waals surface area contributed by atoms with Gasteiger partial charge in [0.25, 0.3) is 0 Å². The van der Waals surface area contributed by atoms with Gasteiger partial charge in [0.1, 0.15) is 0 Å². The van der Waals surface area contributed by atoms with Crippen LogP contribution in [0.4, 0.5) is 10.7 Å². The molecule has 2 atom stereocenters. The second kappa shape index (κ2) is 7.77. The van der Waals surface area contributed by atoms with Crippen LogP contribution in [0.5, 0.6) is 0 Å². The topological polar surface area (TPSA) is 104 Å². The number of hydrogen-bond acceptors (Lipinski definition) is 6. The lowest BCUT2D eigenvalue weighted by molar-refractivity contribution is 0.0789. The van der Waals surface area contributed by atoms with Crippen molar-refractivity contribution in [2.45, 2.75) is 76.5 Å². The van der Waals surface area contributed by atoms with E-state index in [1.54, 1.807) is 4.52 Å². The average molecular weight is 407 g/mol.